The molecule has 0 fully saturated rings. The molecule has 0 saturated carbocycles. The SMILES string of the molecule is Cc1ccc(C(Sc2ncc[nH]2)C(C)N)cc1. The van der Waals surface area contributed by atoms with Crippen molar-refractivity contribution < 1.29 is 0 Å². The molecule has 0 aliphatic carbocycles. The second-order valence-corrected chi connectivity index (χ2v) is 5.33. The average Bonchev–Trinajstić information content (AvgIpc) is 2.80. The molecule has 0 saturated heterocycles. The molecule has 0 aliphatic rings. The molecule has 0 radical (unpaired) electrons. The third-order valence-corrected chi connectivity index (χ3v) is 4.00. The largest absolute Gasteiger partial charge is 0.340 e. The number of hydrogen-bond donors (Lipinski definition) is 2. The topological polar surface area (TPSA) is 54.7 Å². The average molecular weight is 247 g/mol. The van der Waals surface area contributed by atoms with Crippen LogP contribution in [0, 0.1) is 6.92 Å². The minimum atomic E-state index is 0.0767. The van der Waals surface area contributed by atoms with Crippen LogP contribution in [0.5, 0.6) is 0 Å². The van der Waals surface area contributed by atoms with Crippen molar-refractivity contribution in [1.82, 2.24) is 9.97 Å². The van der Waals surface area contributed by atoms with E-state index in [4.69, 9.17) is 5.73 Å². The molecule has 2 rings (SSSR count). The van der Waals surface area contributed by atoms with Crippen molar-refractivity contribution in [2.75, 3.05) is 0 Å². The summed E-state index contributed by atoms with van der Waals surface area (Å²) in [6, 6.07) is 8.59. The maximum Gasteiger partial charge on any atom is 0.165 e. The summed E-state index contributed by atoms with van der Waals surface area (Å²) in [5, 5.41) is 1.13. The lowest BCUT2D eigenvalue weighted by atomic mass is 10.1. The van der Waals surface area contributed by atoms with Crippen molar-refractivity contribution in [2.24, 2.45) is 5.73 Å². The van der Waals surface area contributed by atoms with E-state index in [1.165, 1.54) is 11.1 Å². The smallest absolute Gasteiger partial charge is 0.165 e. The first-order chi connectivity index (χ1) is 8.16. The second-order valence-electron chi connectivity index (χ2n) is 4.20. The molecular formula is C13H17N3S. The van der Waals surface area contributed by atoms with Gasteiger partial charge in [0, 0.05) is 18.4 Å². The highest BCUT2D eigenvalue weighted by molar-refractivity contribution is 7.99. The number of nitrogens with two attached hydrogens (primary N) is 1. The Kier molecular flexibility index (Phi) is 3.86. The number of imidazole rings is 1. The van der Waals surface area contributed by atoms with Gasteiger partial charge >= 0.3 is 0 Å². The lowest BCUT2D eigenvalue weighted by Gasteiger charge is -2.19. The van der Waals surface area contributed by atoms with Crippen molar-refractivity contribution in [2.45, 2.75) is 30.3 Å². The molecule has 0 aliphatic heterocycles. The van der Waals surface area contributed by atoms with Gasteiger partial charge in [0.05, 0.1) is 5.25 Å². The second kappa shape index (κ2) is 5.38. The van der Waals surface area contributed by atoms with E-state index in [-0.39, 0.29) is 11.3 Å². The molecule has 2 aromatic rings. The Balaban J connectivity index is 2.20. The molecule has 1 heterocycles. The molecule has 17 heavy (non-hydrogen) atoms. The van der Waals surface area contributed by atoms with Gasteiger partial charge in [0.1, 0.15) is 0 Å². The number of hydrogen-bond acceptors (Lipinski definition) is 3. The Morgan fingerprint density at radius 1 is 1.29 bits per heavy atom. The molecule has 3 N–H and O–H groups in total. The number of aryl methyl sites for hydroxylation is 1. The molecular weight excluding hydrogens is 230 g/mol. The predicted octanol–water partition coefficient (Wildman–Crippen LogP) is 2.90. The van der Waals surface area contributed by atoms with Gasteiger partial charge in [0.2, 0.25) is 0 Å². The van der Waals surface area contributed by atoms with E-state index < -0.39 is 0 Å². The van der Waals surface area contributed by atoms with Crippen LogP contribution < -0.4 is 5.73 Å². The Labute approximate surface area is 106 Å². The van der Waals surface area contributed by atoms with Crippen molar-refractivity contribution in [3.05, 3.63) is 47.8 Å². The zero-order valence-electron chi connectivity index (χ0n) is 10.1. The summed E-state index contributed by atoms with van der Waals surface area (Å²) in [4.78, 5) is 7.33. The zero-order chi connectivity index (χ0) is 12.3. The molecule has 0 spiro atoms. The Morgan fingerprint density at radius 3 is 2.53 bits per heavy atom. The zero-order valence-corrected chi connectivity index (χ0v) is 10.9. The van der Waals surface area contributed by atoms with Crippen LogP contribution in [-0.4, -0.2) is 16.0 Å². The lowest BCUT2D eigenvalue weighted by molar-refractivity contribution is 0.718. The Bertz CT molecular complexity index is 448. The van der Waals surface area contributed by atoms with Crippen LogP contribution >= 0.6 is 11.8 Å². The van der Waals surface area contributed by atoms with E-state index in [0.29, 0.717) is 0 Å². The van der Waals surface area contributed by atoms with Gasteiger partial charge in [-0.3, -0.25) is 0 Å². The minimum absolute atomic E-state index is 0.0767. The quantitative estimate of drug-likeness (QED) is 0.817. The number of thioether (sulfide) groups is 1. The summed E-state index contributed by atoms with van der Waals surface area (Å²) in [5.74, 6) is 0. The Hall–Kier alpha value is -1.26. The van der Waals surface area contributed by atoms with Gasteiger partial charge in [0.25, 0.3) is 0 Å². The number of benzene rings is 1. The van der Waals surface area contributed by atoms with Gasteiger partial charge in [-0.25, -0.2) is 4.98 Å². The monoisotopic (exact) mass is 247 g/mol. The van der Waals surface area contributed by atoms with Gasteiger partial charge < -0.3 is 10.7 Å². The van der Waals surface area contributed by atoms with Crippen LogP contribution in [0.15, 0.2) is 41.8 Å². The predicted molar refractivity (Wildman–Crippen MR) is 72.0 cm³/mol. The van der Waals surface area contributed by atoms with Crippen molar-refractivity contribution in [1.29, 1.82) is 0 Å². The molecule has 1 aromatic carbocycles. The van der Waals surface area contributed by atoms with E-state index in [9.17, 15) is 0 Å². The Morgan fingerprint density at radius 2 is 2.00 bits per heavy atom. The highest BCUT2D eigenvalue weighted by Crippen LogP contribution is 2.35. The molecule has 4 heteroatoms. The van der Waals surface area contributed by atoms with E-state index >= 15 is 0 Å². The van der Waals surface area contributed by atoms with Gasteiger partial charge in [0.15, 0.2) is 5.16 Å². The van der Waals surface area contributed by atoms with Gasteiger partial charge in [-0.2, -0.15) is 0 Å². The summed E-state index contributed by atoms with van der Waals surface area (Å²) < 4.78 is 0. The fraction of sp³-hybridized carbons (Fsp3) is 0.308. The number of aromatic nitrogens is 2. The summed E-state index contributed by atoms with van der Waals surface area (Å²) in [7, 11) is 0. The minimum Gasteiger partial charge on any atom is -0.340 e. The number of nitrogens with zero attached hydrogens (tertiary/aromatic N) is 1. The first kappa shape index (κ1) is 12.2. The van der Waals surface area contributed by atoms with Crippen LogP contribution in [-0.2, 0) is 0 Å². The van der Waals surface area contributed by atoms with E-state index in [0.717, 1.165) is 5.16 Å². The fourth-order valence-corrected chi connectivity index (χ4v) is 2.68. The van der Waals surface area contributed by atoms with Crippen molar-refractivity contribution >= 4 is 11.8 Å². The van der Waals surface area contributed by atoms with Gasteiger partial charge in [-0.15, -0.1) is 0 Å². The van der Waals surface area contributed by atoms with Crippen molar-refractivity contribution in [3.8, 4) is 0 Å². The van der Waals surface area contributed by atoms with Gasteiger partial charge in [-0.1, -0.05) is 41.6 Å². The summed E-state index contributed by atoms with van der Waals surface area (Å²) in [6.45, 7) is 4.12. The third kappa shape index (κ3) is 3.11. The number of rotatable bonds is 4. The van der Waals surface area contributed by atoms with Crippen LogP contribution in [0.3, 0.4) is 0 Å². The number of nitrogens with one attached hydrogen (secondary N) is 1. The van der Waals surface area contributed by atoms with E-state index in [1.807, 2.05) is 13.1 Å². The molecule has 2 atom stereocenters. The first-order valence-corrected chi connectivity index (χ1v) is 6.53. The van der Waals surface area contributed by atoms with Crippen LogP contribution in [0.2, 0.25) is 0 Å². The summed E-state index contributed by atoms with van der Waals surface area (Å²) >= 11 is 1.67. The highest BCUT2D eigenvalue weighted by atomic mass is 32.2. The fourth-order valence-electron chi connectivity index (χ4n) is 1.67. The number of aromatic amines is 1. The van der Waals surface area contributed by atoms with Crippen molar-refractivity contribution in [3.63, 3.8) is 0 Å². The maximum absolute atomic E-state index is 6.06. The molecule has 2 unspecified atom stereocenters. The third-order valence-electron chi connectivity index (χ3n) is 2.60. The van der Waals surface area contributed by atoms with Crippen LogP contribution in [0.4, 0.5) is 0 Å². The molecule has 90 valence electrons. The maximum atomic E-state index is 6.06. The molecule has 0 amide bonds. The lowest BCUT2D eigenvalue weighted by Crippen LogP contribution is -2.22. The standard InChI is InChI=1S/C13H17N3S/c1-9-3-5-11(6-4-9)12(10(2)14)17-13-15-7-8-16-13/h3-8,10,12H,14H2,1-2H3,(H,15,16). The summed E-state index contributed by atoms with van der Waals surface area (Å²) in [6.07, 6.45) is 3.59. The van der Waals surface area contributed by atoms with Gasteiger partial charge in [-0.05, 0) is 19.4 Å². The number of H-pyrrole nitrogens is 1. The van der Waals surface area contributed by atoms with E-state index in [1.54, 1.807) is 18.0 Å². The van der Waals surface area contributed by atoms with E-state index in [2.05, 4.69) is 41.2 Å². The molecule has 3 nitrogen and oxygen atoms in total. The summed E-state index contributed by atoms with van der Waals surface area (Å²) in [5.41, 5.74) is 8.57. The molecule has 0 bridgehead atoms. The van der Waals surface area contributed by atoms with Crippen LogP contribution in [0.1, 0.15) is 23.3 Å². The molecule has 1 aromatic heterocycles. The van der Waals surface area contributed by atoms with Crippen LogP contribution in [0.25, 0.3) is 0 Å². The highest BCUT2D eigenvalue weighted by Gasteiger charge is 2.18. The first-order valence-electron chi connectivity index (χ1n) is 5.65. The normalized spacial score (nSPS) is 14.5.